The Kier molecular flexibility index (Phi) is 5.39. The van der Waals surface area contributed by atoms with Gasteiger partial charge in [-0.25, -0.2) is 9.18 Å². The number of carbonyl (C=O) groups is 1. The van der Waals surface area contributed by atoms with Crippen molar-refractivity contribution in [3.63, 3.8) is 0 Å². The second kappa shape index (κ2) is 5.78. The molecule has 1 atom stereocenters. The van der Waals surface area contributed by atoms with E-state index in [-0.39, 0.29) is 12.0 Å². The average molecular weight is 224 g/mol. The summed E-state index contributed by atoms with van der Waals surface area (Å²) in [7, 11) is 0. The van der Waals surface area contributed by atoms with Gasteiger partial charge in [0, 0.05) is 5.57 Å². The number of carbonyl (C=O) groups excluding carboxylic acids is 1. The molecule has 0 aromatic rings. The molecule has 0 amide bonds. The standard InChI is InChI=1S/C10H15F3O2/c1-4-5-6-8(11)10(12,13)15-9(14)7(2)3/h8H,2,4-6H2,1,3H3. The van der Waals surface area contributed by atoms with Crippen LogP contribution in [0.2, 0.25) is 0 Å². The van der Waals surface area contributed by atoms with Gasteiger partial charge in [-0.1, -0.05) is 26.3 Å². The highest BCUT2D eigenvalue weighted by Gasteiger charge is 2.44. The summed E-state index contributed by atoms with van der Waals surface area (Å²) in [4.78, 5) is 10.8. The number of halogens is 3. The lowest BCUT2D eigenvalue weighted by molar-refractivity contribution is -0.259. The van der Waals surface area contributed by atoms with E-state index in [1.807, 2.05) is 0 Å². The normalized spacial score (nSPS) is 13.4. The van der Waals surface area contributed by atoms with Crippen molar-refractivity contribution in [2.45, 2.75) is 45.4 Å². The van der Waals surface area contributed by atoms with Gasteiger partial charge in [-0.3, -0.25) is 0 Å². The lowest BCUT2D eigenvalue weighted by Crippen LogP contribution is -2.35. The van der Waals surface area contributed by atoms with Crippen LogP contribution in [0.4, 0.5) is 13.2 Å². The molecule has 0 aliphatic heterocycles. The van der Waals surface area contributed by atoms with Crippen LogP contribution in [-0.2, 0) is 9.53 Å². The van der Waals surface area contributed by atoms with Gasteiger partial charge in [0.15, 0.2) is 0 Å². The van der Waals surface area contributed by atoms with Crippen molar-refractivity contribution >= 4 is 5.97 Å². The molecule has 1 unspecified atom stereocenters. The molecule has 0 saturated carbocycles. The smallest absolute Gasteiger partial charge is 0.395 e. The Labute approximate surface area is 87.1 Å². The Morgan fingerprint density at radius 2 is 2.07 bits per heavy atom. The molecule has 0 fully saturated rings. The molecule has 0 rings (SSSR count). The zero-order chi connectivity index (χ0) is 12.1. The quantitative estimate of drug-likeness (QED) is 0.511. The molecule has 0 aliphatic carbocycles. The zero-order valence-corrected chi connectivity index (χ0v) is 8.86. The number of ether oxygens (including phenoxy) is 1. The van der Waals surface area contributed by atoms with Gasteiger partial charge in [0.2, 0.25) is 6.17 Å². The van der Waals surface area contributed by atoms with Crippen LogP contribution >= 0.6 is 0 Å². The molecule has 0 aromatic carbocycles. The van der Waals surface area contributed by atoms with Gasteiger partial charge in [-0.05, 0) is 13.3 Å². The van der Waals surface area contributed by atoms with Gasteiger partial charge in [0.1, 0.15) is 0 Å². The van der Waals surface area contributed by atoms with E-state index in [1.165, 1.54) is 6.92 Å². The topological polar surface area (TPSA) is 26.3 Å². The Morgan fingerprint density at radius 1 is 1.53 bits per heavy atom. The van der Waals surface area contributed by atoms with Crippen LogP contribution in [0.15, 0.2) is 12.2 Å². The summed E-state index contributed by atoms with van der Waals surface area (Å²) >= 11 is 0. The molecule has 15 heavy (non-hydrogen) atoms. The fraction of sp³-hybridized carbons (Fsp3) is 0.700. The van der Waals surface area contributed by atoms with Crippen molar-refractivity contribution < 1.29 is 22.7 Å². The first kappa shape index (κ1) is 14.0. The fourth-order valence-electron chi connectivity index (χ4n) is 0.826. The molecule has 0 aliphatic rings. The van der Waals surface area contributed by atoms with Gasteiger partial charge in [0.05, 0.1) is 0 Å². The summed E-state index contributed by atoms with van der Waals surface area (Å²) in [6.45, 7) is 6.11. The molecule has 0 heterocycles. The number of unbranched alkanes of at least 4 members (excludes halogenated alkanes) is 1. The average Bonchev–Trinajstić information content (AvgIpc) is 2.13. The Hall–Kier alpha value is -1.00. The second-order valence-electron chi connectivity index (χ2n) is 3.34. The predicted molar refractivity (Wildman–Crippen MR) is 50.3 cm³/mol. The summed E-state index contributed by atoms with van der Waals surface area (Å²) in [6, 6.07) is 0. The minimum atomic E-state index is -4.06. The van der Waals surface area contributed by atoms with Crippen LogP contribution in [0.5, 0.6) is 0 Å². The van der Waals surface area contributed by atoms with Crippen molar-refractivity contribution in [3.8, 4) is 0 Å². The molecular weight excluding hydrogens is 209 g/mol. The van der Waals surface area contributed by atoms with Crippen molar-refractivity contribution in [1.29, 1.82) is 0 Å². The monoisotopic (exact) mass is 224 g/mol. The molecule has 0 radical (unpaired) electrons. The predicted octanol–water partition coefficient (Wildman–Crippen LogP) is 3.23. The highest BCUT2D eigenvalue weighted by molar-refractivity contribution is 5.87. The summed E-state index contributed by atoms with van der Waals surface area (Å²) in [5.74, 6) is -1.28. The SMILES string of the molecule is C=C(C)C(=O)OC(F)(F)C(F)CCCC. The van der Waals surface area contributed by atoms with Crippen LogP contribution < -0.4 is 0 Å². The zero-order valence-electron chi connectivity index (χ0n) is 8.86. The Morgan fingerprint density at radius 3 is 2.47 bits per heavy atom. The van der Waals surface area contributed by atoms with E-state index in [4.69, 9.17) is 0 Å². The Bertz CT molecular complexity index is 239. The van der Waals surface area contributed by atoms with Gasteiger partial charge >= 0.3 is 12.1 Å². The first-order chi connectivity index (χ1) is 6.81. The van der Waals surface area contributed by atoms with Crippen LogP contribution in [0, 0.1) is 0 Å². The molecule has 2 nitrogen and oxygen atoms in total. The third kappa shape index (κ3) is 4.85. The third-order valence-corrected chi connectivity index (χ3v) is 1.75. The van der Waals surface area contributed by atoms with E-state index in [9.17, 15) is 18.0 Å². The highest BCUT2D eigenvalue weighted by atomic mass is 19.3. The lowest BCUT2D eigenvalue weighted by Gasteiger charge is -2.20. The summed E-state index contributed by atoms with van der Waals surface area (Å²) in [6.07, 6.45) is -5.93. The largest absolute Gasteiger partial charge is 0.432 e. The van der Waals surface area contributed by atoms with E-state index >= 15 is 0 Å². The Balaban J connectivity index is 4.26. The van der Waals surface area contributed by atoms with E-state index in [0.29, 0.717) is 12.8 Å². The fourth-order valence-corrected chi connectivity index (χ4v) is 0.826. The van der Waals surface area contributed by atoms with E-state index in [2.05, 4.69) is 11.3 Å². The van der Waals surface area contributed by atoms with Gasteiger partial charge in [0.25, 0.3) is 0 Å². The van der Waals surface area contributed by atoms with Gasteiger partial charge in [-0.15, -0.1) is 0 Å². The maximum absolute atomic E-state index is 12.9. The first-order valence-corrected chi connectivity index (χ1v) is 4.72. The molecule has 0 spiro atoms. The minimum Gasteiger partial charge on any atom is -0.395 e. The molecule has 0 bridgehead atoms. The number of hydrogen-bond donors (Lipinski definition) is 0. The molecule has 0 aromatic heterocycles. The summed E-state index contributed by atoms with van der Waals surface area (Å²) in [5.41, 5.74) is -0.183. The van der Waals surface area contributed by atoms with Crippen molar-refractivity contribution in [1.82, 2.24) is 0 Å². The second-order valence-corrected chi connectivity index (χ2v) is 3.34. The molecule has 0 saturated heterocycles. The van der Waals surface area contributed by atoms with E-state index in [0.717, 1.165) is 0 Å². The van der Waals surface area contributed by atoms with Crippen LogP contribution in [0.25, 0.3) is 0 Å². The molecular formula is C10H15F3O2. The van der Waals surface area contributed by atoms with Crippen LogP contribution in [-0.4, -0.2) is 18.2 Å². The first-order valence-electron chi connectivity index (χ1n) is 4.72. The van der Waals surface area contributed by atoms with E-state index < -0.39 is 18.2 Å². The molecule has 88 valence electrons. The number of rotatable bonds is 6. The highest BCUT2D eigenvalue weighted by Crippen LogP contribution is 2.27. The van der Waals surface area contributed by atoms with Crippen molar-refractivity contribution in [3.05, 3.63) is 12.2 Å². The summed E-state index contributed by atoms with van der Waals surface area (Å²) < 4.78 is 42.4. The van der Waals surface area contributed by atoms with Crippen LogP contribution in [0.3, 0.4) is 0 Å². The minimum absolute atomic E-state index is 0.183. The third-order valence-electron chi connectivity index (χ3n) is 1.75. The lowest BCUT2D eigenvalue weighted by atomic mass is 10.2. The van der Waals surface area contributed by atoms with Gasteiger partial charge in [-0.2, -0.15) is 8.78 Å². The van der Waals surface area contributed by atoms with Crippen LogP contribution in [0.1, 0.15) is 33.1 Å². The maximum atomic E-state index is 12.9. The van der Waals surface area contributed by atoms with Crippen molar-refractivity contribution in [2.75, 3.05) is 0 Å². The maximum Gasteiger partial charge on any atom is 0.432 e. The summed E-state index contributed by atoms with van der Waals surface area (Å²) in [5, 5.41) is 0. The molecule has 5 heteroatoms. The van der Waals surface area contributed by atoms with E-state index in [1.54, 1.807) is 6.92 Å². The van der Waals surface area contributed by atoms with Crippen molar-refractivity contribution in [2.24, 2.45) is 0 Å². The number of alkyl halides is 3. The number of hydrogen-bond acceptors (Lipinski definition) is 2. The van der Waals surface area contributed by atoms with Gasteiger partial charge < -0.3 is 4.74 Å². The molecule has 0 N–H and O–H groups in total. The number of esters is 1.